The van der Waals surface area contributed by atoms with Crippen molar-refractivity contribution >= 4 is 34.2 Å². The normalized spacial score (nSPS) is 10.6. The fourth-order valence-corrected chi connectivity index (χ4v) is 1.67. The van der Waals surface area contributed by atoms with E-state index >= 15 is 0 Å². The van der Waals surface area contributed by atoms with Crippen LogP contribution in [0.3, 0.4) is 0 Å². The molecule has 0 saturated carbocycles. The lowest BCUT2D eigenvalue weighted by atomic mass is 10.2. The summed E-state index contributed by atoms with van der Waals surface area (Å²) in [5.74, 6) is -0.480. The van der Waals surface area contributed by atoms with E-state index in [-0.39, 0.29) is 5.56 Å². The number of carboxylic acid groups (broad SMARTS) is 1. The summed E-state index contributed by atoms with van der Waals surface area (Å²) in [5.41, 5.74) is 1.83. The molecule has 82 valence electrons. The molecule has 0 aliphatic rings. The molecule has 0 saturated heterocycles. The third-order valence-corrected chi connectivity index (χ3v) is 2.40. The fourth-order valence-electron chi connectivity index (χ4n) is 1.45. The maximum absolute atomic E-state index is 11.0. The van der Waals surface area contributed by atoms with E-state index in [4.69, 9.17) is 16.7 Å². The summed E-state index contributed by atoms with van der Waals surface area (Å²) in [6.45, 7) is 5.53. The summed E-state index contributed by atoms with van der Waals surface area (Å²) in [7, 11) is 0. The minimum atomic E-state index is -1.05. The predicted molar refractivity (Wildman–Crippen MR) is 62.8 cm³/mol. The van der Waals surface area contributed by atoms with E-state index in [0.29, 0.717) is 21.9 Å². The van der Waals surface area contributed by atoms with Crippen molar-refractivity contribution in [2.24, 2.45) is 0 Å². The average Bonchev–Trinajstić information content (AvgIpc) is 2.59. The number of hydrogen-bond donors (Lipinski definition) is 2. The number of halogens is 1. The molecule has 4 nitrogen and oxygen atoms in total. The van der Waals surface area contributed by atoms with Gasteiger partial charge in [-0.2, -0.15) is 0 Å². The molecule has 1 aromatic carbocycles. The van der Waals surface area contributed by atoms with E-state index in [1.165, 1.54) is 6.07 Å². The Labute approximate surface area is 96.6 Å². The van der Waals surface area contributed by atoms with Gasteiger partial charge in [0, 0.05) is 5.02 Å². The zero-order valence-corrected chi connectivity index (χ0v) is 9.30. The first kappa shape index (κ1) is 10.7. The van der Waals surface area contributed by atoms with Crippen LogP contribution in [0.5, 0.6) is 0 Å². The van der Waals surface area contributed by atoms with Crippen LogP contribution in [-0.4, -0.2) is 21.0 Å². The molecule has 1 heterocycles. The molecule has 0 fully saturated rings. The maximum atomic E-state index is 11.0. The number of aromatic carboxylic acids is 1. The molecule has 0 radical (unpaired) electrons. The van der Waals surface area contributed by atoms with Crippen LogP contribution in [0.1, 0.15) is 23.1 Å². The minimum Gasteiger partial charge on any atom is -0.478 e. The van der Waals surface area contributed by atoms with Crippen LogP contribution in [0.15, 0.2) is 18.7 Å². The number of fused-ring (bicyclic) bond motifs is 1. The molecule has 0 amide bonds. The van der Waals surface area contributed by atoms with Crippen molar-refractivity contribution in [2.75, 3.05) is 0 Å². The van der Waals surface area contributed by atoms with Gasteiger partial charge in [0.15, 0.2) is 0 Å². The Hall–Kier alpha value is -1.81. The van der Waals surface area contributed by atoms with Crippen molar-refractivity contribution in [1.82, 2.24) is 9.97 Å². The highest BCUT2D eigenvalue weighted by Crippen LogP contribution is 2.24. The summed E-state index contributed by atoms with van der Waals surface area (Å²) < 4.78 is 0. The molecular formula is C11H9ClN2O2. The first-order valence-corrected chi connectivity index (χ1v) is 4.95. The summed E-state index contributed by atoms with van der Waals surface area (Å²) >= 11 is 5.82. The second kappa shape index (κ2) is 3.64. The third kappa shape index (κ3) is 1.67. The number of nitrogens with zero attached hydrogens (tertiary/aromatic N) is 1. The van der Waals surface area contributed by atoms with Gasteiger partial charge in [0.2, 0.25) is 0 Å². The predicted octanol–water partition coefficient (Wildman–Crippen LogP) is 2.95. The van der Waals surface area contributed by atoms with E-state index in [9.17, 15) is 4.79 Å². The number of nitrogens with one attached hydrogen (secondary N) is 1. The van der Waals surface area contributed by atoms with Gasteiger partial charge in [-0.05, 0) is 24.6 Å². The number of hydrogen-bond acceptors (Lipinski definition) is 2. The van der Waals surface area contributed by atoms with Crippen LogP contribution in [0.4, 0.5) is 0 Å². The monoisotopic (exact) mass is 236 g/mol. The van der Waals surface area contributed by atoms with Gasteiger partial charge in [0.25, 0.3) is 0 Å². The molecular weight excluding hydrogens is 228 g/mol. The molecule has 0 unspecified atom stereocenters. The largest absolute Gasteiger partial charge is 0.478 e. The van der Waals surface area contributed by atoms with Gasteiger partial charge >= 0.3 is 5.97 Å². The first-order chi connectivity index (χ1) is 7.49. The number of aromatic nitrogens is 2. The Bertz CT molecular complexity index is 601. The summed E-state index contributed by atoms with van der Waals surface area (Å²) in [6.07, 6.45) is 0. The zero-order valence-electron chi connectivity index (χ0n) is 8.54. The fraction of sp³-hybridized carbons (Fsp3) is 0.0909. The van der Waals surface area contributed by atoms with Gasteiger partial charge in [-0.3, -0.25) is 0 Å². The van der Waals surface area contributed by atoms with E-state index in [2.05, 4.69) is 16.5 Å². The van der Waals surface area contributed by atoms with Gasteiger partial charge in [0.05, 0.1) is 11.1 Å². The van der Waals surface area contributed by atoms with E-state index in [1.807, 2.05) is 0 Å². The molecule has 2 rings (SSSR count). The van der Waals surface area contributed by atoms with Crippen molar-refractivity contribution in [3.05, 3.63) is 35.1 Å². The minimum absolute atomic E-state index is 0.0891. The Morgan fingerprint density at radius 3 is 2.81 bits per heavy atom. The van der Waals surface area contributed by atoms with Gasteiger partial charge < -0.3 is 10.1 Å². The van der Waals surface area contributed by atoms with Crippen molar-refractivity contribution in [2.45, 2.75) is 6.92 Å². The molecule has 0 atom stereocenters. The van der Waals surface area contributed by atoms with Crippen LogP contribution < -0.4 is 0 Å². The molecule has 5 heteroatoms. The molecule has 0 aliphatic carbocycles. The summed E-state index contributed by atoms with van der Waals surface area (Å²) in [6, 6.07) is 3.03. The third-order valence-electron chi connectivity index (χ3n) is 2.19. The lowest BCUT2D eigenvalue weighted by Crippen LogP contribution is -1.97. The molecule has 0 bridgehead atoms. The Morgan fingerprint density at radius 2 is 2.25 bits per heavy atom. The van der Waals surface area contributed by atoms with Crippen molar-refractivity contribution in [1.29, 1.82) is 0 Å². The maximum Gasteiger partial charge on any atom is 0.338 e. The zero-order chi connectivity index (χ0) is 11.9. The van der Waals surface area contributed by atoms with Crippen LogP contribution in [-0.2, 0) is 0 Å². The molecule has 0 aliphatic heterocycles. The van der Waals surface area contributed by atoms with Crippen LogP contribution >= 0.6 is 11.6 Å². The molecule has 0 spiro atoms. The molecule has 16 heavy (non-hydrogen) atoms. The SMILES string of the molecule is C=C(C)c1nc2c(C(=O)O)cc(Cl)cc2[nH]1. The topological polar surface area (TPSA) is 66.0 Å². The van der Waals surface area contributed by atoms with Crippen molar-refractivity contribution < 1.29 is 9.90 Å². The summed E-state index contributed by atoms with van der Waals surface area (Å²) in [5, 5.41) is 9.38. The quantitative estimate of drug-likeness (QED) is 0.843. The second-order valence-electron chi connectivity index (χ2n) is 3.52. The number of rotatable bonds is 2. The van der Waals surface area contributed by atoms with Gasteiger partial charge in [0.1, 0.15) is 11.3 Å². The lowest BCUT2D eigenvalue weighted by Gasteiger charge is -1.96. The number of carboxylic acids is 1. The standard InChI is InChI=1S/C11H9ClN2O2/c1-5(2)10-13-8-4-6(12)3-7(11(15)16)9(8)14-10/h3-4H,1H2,2H3,(H,13,14)(H,15,16). The van der Waals surface area contributed by atoms with Gasteiger partial charge in [-0.25, -0.2) is 9.78 Å². The molecule has 1 aromatic heterocycles. The van der Waals surface area contributed by atoms with Gasteiger partial charge in [-0.1, -0.05) is 18.2 Å². The van der Waals surface area contributed by atoms with E-state index in [1.54, 1.807) is 13.0 Å². The number of allylic oxidation sites excluding steroid dienone is 1. The Morgan fingerprint density at radius 1 is 1.56 bits per heavy atom. The highest BCUT2D eigenvalue weighted by molar-refractivity contribution is 6.31. The van der Waals surface area contributed by atoms with E-state index in [0.717, 1.165) is 5.57 Å². The first-order valence-electron chi connectivity index (χ1n) is 4.57. The van der Waals surface area contributed by atoms with Crippen LogP contribution in [0.25, 0.3) is 16.6 Å². The van der Waals surface area contributed by atoms with Gasteiger partial charge in [-0.15, -0.1) is 0 Å². The Kier molecular flexibility index (Phi) is 2.44. The highest BCUT2D eigenvalue weighted by atomic mass is 35.5. The highest BCUT2D eigenvalue weighted by Gasteiger charge is 2.14. The van der Waals surface area contributed by atoms with E-state index < -0.39 is 5.97 Å². The number of aromatic amines is 1. The number of H-pyrrole nitrogens is 1. The average molecular weight is 237 g/mol. The van der Waals surface area contributed by atoms with Crippen molar-refractivity contribution in [3.8, 4) is 0 Å². The molecule has 2 N–H and O–H groups in total. The van der Waals surface area contributed by atoms with Crippen LogP contribution in [0, 0.1) is 0 Å². The number of carbonyl (C=O) groups is 1. The smallest absolute Gasteiger partial charge is 0.338 e. The number of benzene rings is 1. The second-order valence-corrected chi connectivity index (χ2v) is 3.96. The lowest BCUT2D eigenvalue weighted by molar-refractivity contribution is 0.0699. The molecule has 2 aromatic rings. The number of imidazole rings is 1. The summed E-state index contributed by atoms with van der Waals surface area (Å²) in [4.78, 5) is 18.2. The Balaban J connectivity index is 2.80. The van der Waals surface area contributed by atoms with Crippen molar-refractivity contribution in [3.63, 3.8) is 0 Å². The van der Waals surface area contributed by atoms with Crippen LogP contribution in [0.2, 0.25) is 5.02 Å².